The molecule has 2 aromatic rings. The number of imidazole rings is 2. The molecule has 12 N–H and O–H groups in total. The minimum atomic E-state index is -1.26. The van der Waals surface area contributed by atoms with Gasteiger partial charge in [0.2, 0.25) is 17.7 Å². The lowest BCUT2D eigenvalue weighted by molar-refractivity contribution is -0.140. The summed E-state index contributed by atoms with van der Waals surface area (Å²) in [5.41, 5.74) is 5.94. The highest BCUT2D eigenvalue weighted by Gasteiger charge is 2.22. The summed E-state index contributed by atoms with van der Waals surface area (Å²) in [7, 11) is 0. The number of nitrogens with one attached hydrogen (secondary N) is 5. The van der Waals surface area contributed by atoms with E-state index in [2.05, 4.69) is 36.6 Å². The molecule has 2 atom stereocenters. The monoisotopic (exact) mass is 964 g/mol. The first-order chi connectivity index (χ1) is 32.1. The second-order valence-corrected chi connectivity index (χ2v) is 14.8. The second kappa shape index (κ2) is 32.1. The van der Waals surface area contributed by atoms with E-state index in [9.17, 15) is 72.5 Å². The van der Waals surface area contributed by atoms with Crippen LogP contribution in [0.4, 0.5) is 0 Å². The van der Waals surface area contributed by atoms with E-state index >= 15 is 0 Å². The molecule has 0 radical (unpaired) electrons. The van der Waals surface area contributed by atoms with Gasteiger partial charge in [0.15, 0.2) is 17.3 Å². The van der Waals surface area contributed by atoms with Gasteiger partial charge in [-0.05, 0) is 0 Å². The molecule has 0 saturated carbocycles. The Balaban J connectivity index is 0.000000681. The molecule has 374 valence electrons. The number of aromatic nitrogens is 4. The molecule has 0 aliphatic rings. The van der Waals surface area contributed by atoms with Crippen LogP contribution in [-0.4, -0.2) is 172 Å². The van der Waals surface area contributed by atoms with Crippen LogP contribution < -0.4 is 32.3 Å². The van der Waals surface area contributed by atoms with Gasteiger partial charge in [-0.1, -0.05) is 0 Å². The third-order valence-electron chi connectivity index (χ3n) is 9.00. The van der Waals surface area contributed by atoms with Gasteiger partial charge < -0.3 is 56.4 Å². The predicted molar refractivity (Wildman–Crippen MR) is 228 cm³/mol. The smallest absolute Gasteiger partial charge is 0.321 e. The van der Waals surface area contributed by atoms with E-state index in [1.165, 1.54) is 23.4 Å². The number of aryl methyl sites for hydroxylation is 1. The predicted octanol–water partition coefficient (Wildman–Crippen LogP) is -4.15. The number of carboxylic acids is 5. The number of amides is 3. The molecule has 2 aromatic heterocycles. The van der Waals surface area contributed by atoms with E-state index in [0.29, 0.717) is 17.9 Å². The topological polar surface area (TPSA) is 445 Å². The molecule has 0 aromatic carbocycles. The Labute approximate surface area is 386 Å². The summed E-state index contributed by atoms with van der Waals surface area (Å²) in [6, 6.07) is -2.32. The third-order valence-corrected chi connectivity index (χ3v) is 9.00. The molecule has 0 spiro atoms. The molecule has 68 heavy (non-hydrogen) atoms. The van der Waals surface area contributed by atoms with Crippen molar-refractivity contribution in [3.63, 3.8) is 0 Å². The van der Waals surface area contributed by atoms with Crippen LogP contribution in [0.2, 0.25) is 0 Å². The van der Waals surface area contributed by atoms with E-state index in [0.717, 1.165) is 0 Å². The molecule has 2 unspecified atom stereocenters. The molecule has 0 saturated heterocycles. The second-order valence-electron chi connectivity index (χ2n) is 14.8. The first-order valence-electron chi connectivity index (χ1n) is 20.7. The van der Waals surface area contributed by atoms with Gasteiger partial charge in [-0.15, -0.1) is 0 Å². The van der Waals surface area contributed by atoms with Crippen LogP contribution in [0.5, 0.6) is 0 Å². The Kier molecular flexibility index (Phi) is 27.6. The van der Waals surface area contributed by atoms with Gasteiger partial charge in [-0.25, -0.2) is 9.97 Å². The number of hydrogen-bond donors (Lipinski definition) is 11. The Morgan fingerprint density at radius 2 is 0.838 bits per heavy atom. The van der Waals surface area contributed by atoms with Gasteiger partial charge in [0.25, 0.3) is 0 Å². The Hall–Kier alpha value is -7.59. The Morgan fingerprint density at radius 3 is 1.24 bits per heavy atom. The molecule has 3 amide bonds. The van der Waals surface area contributed by atoms with Crippen molar-refractivity contribution in [2.45, 2.75) is 95.8 Å². The van der Waals surface area contributed by atoms with Crippen molar-refractivity contribution >= 4 is 76.5 Å². The van der Waals surface area contributed by atoms with Crippen LogP contribution in [0.15, 0.2) is 25.0 Å². The molecule has 28 heteroatoms. The van der Waals surface area contributed by atoms with E-state index in [1.54, 1.807) is 10.8 Å². The zero-order valence-corrected chi connectivity index (χ0v) is 36.8. The number of rotatable bonds is 36. The average Bonchev–Trinajstić information content (AvgIpc) is 3.94. The molecule has 0 aliphatic carbocycles. The quantitative estimate of drug-likeness (QED) is 0.0309. The SMILES string of the molecule is NCC(=O)CCC(=O)CCn1cnc(CC(NCC(=O)NCC(=O)CCC(=O)O)C(=O)O)c1.O=C(O)CCC(=O)CNC(=O)CNC(Cc1cn(CC(=O)NCC(=O)CCC(=O)O)cn1)C(=O)O. The van der Waals surface area contributed by atoms with Gasteiger partial charge in [0, 0.05) is 70.3 Å². The summed E-state index contributed by atoms with van der Waals surface area (Å²) >= 11 is 0. The zero-order valence-electron chi connectivity index (χ0n) is 36.8. The molecule has 28 nitrogen and oxygen atoms in total. The van der Waals surface area contributed by atoms with Crippen molar-refractivity contribution < 1.29 is 87.9 Å². The lowest BCUT2D eigenvalue weighted by Crippen LogP contribution is -2.45. The lowest BCUT2D eigenvalue weighted by Gasteiger charge is -2.13. The van der Waals surface area contributed by atoms with Crippen LogP contribution in [-0.2, 0) is 88.3 Å². The standard InChI is InChI=1S/C20H27N5O10.C20H29N5O8/c26-13(1-3-18(30)31)6-22-16(28)8-21-15(20(34)35)5-12-9-25(11-24-12)10-17(29)23-7-14(27)2-4-19(32)33;21-8-15(27)2-1-14(26)5-6-25-11-13(24-12-25)7-17(20(32)33)22-10-18(29)23-9-16(28)3-4-19(30)31/h9,11,15,21H,1-8,10H2,(H,22,28)(H,23,29)(H,30,31)(H,32,33)(H,34,35);11-12,17,22H,1-10,21H2,(H,23,29)(H,30,31)(H,32,33). The minimum Gasteiger partial charge on any atom is -0.481 e. The molecular formula is C40H56N10O18. The summed E-state index contributed by atoms with van der Waals surface area (Å²) in [5, 5.41) is 56.3. The summed E-state index contributed by atoms with van der Waals surface area (Å²) in [6.45, 7) is -1.77. The molecule has 0 bridgehead atoms. The number of nitrogens with zero attached hydrogens (tertiary/aromatic N) is 4. The van der Waals surface area contributed by atoms with Crippen molar-refractivity contribution in [2.75, 3.05) is 39.3 Å². The molecule has 2 rings (SSSR count). The van der Waals surface area contributed by atoms with Crippen molar-refractivity contribution in [2.24, 2.45) is 5.73 Å². The molecular weight excluding hydrogens is 908 g/mol. The Bertz CT molecular complexity index is 2120. The number of hydrogen-bond acceptors (Lipinski definition) is 18. The first kappa shape index (κ1) is 58.4. The van der Waals surface area contributed by atoms with Crippen molar-refractivity contribution in [1.29, 1.82) is 0 Å². The van der Waals surface area contributed by atoms with E-state index in [4.69, 9.17) is 21.1 Å². The maximum atomic E-state index is 11.9. The number of nitrogens with two attached hydrogens (primary N) is 1. The van der Waals surface area contributed by atoms with Crippen LogP contribution in [0, 0.1) is 0 Å². The summed E-state index contributed by atoms with van der Waals surface area (Å²) in [4.78, 5) is 155. The number of aliphatic carboxylic acids is 5. The summed E-state index contributed by atoms with van der Waals surface area (Å²) in [6.07, 6.45) is 4.39. The molecule has 0 fully saturated rings. The highest BCUT2D eigenvalue weighted by atomic mass is 16.4. The van der Waals surface area contributed by atoms with Crippen molar-refractivity contribution in [1.82, 2.24) is 45.7 Å². The summed E-state index contributed by atoms with van der Waals surface area (Å²) in [5.74, 6) is -9.26. The van der Waals surface area contributed by atoms with Crippen LogP contribution in [0.1, 0.15) is 69.2 Å². The maximum absolute atomic E-state index is 11.9. The average molecular weight is 965 g/mol. The zero-order chi connectivity index (χ0) is 51.2. The van der Waals surface area contributed by atoms with Gasteiger partial charge in [-0.3, -0.25) is 73.0 Å². The highest BCUT2D eigenvalue weighted by Crippen LogP contribution is 2.06. The van der Waals surface area contributed by atoms with Crippen LogP contribution in [0.3, 0.4) is 0 Å². The molecule has 0 aliphatic heterocycles. The van der Waals surface area contributed by atoms with Crippen molar-refractivity contribution in [3.8, 4) is 0 Å². The van der Waals surface area contributed by atoms with Gasteiger partial charge >= 0.3 is 29.8 Å². The van der Waals surface area contributed by atoms with Crippen LogP contribution in [0.25, 0.3) is 0 Å². The normalized spacial score (nSPS) is 11.4. The first-order valence-corrected chi connectivity index (χ1v) is 20.7. The van der Waals surface area contributed by atoms with Gasteiger partial charge in [0.1, 0.15) is 30.2 Å². The number of Topliss-reactive ketones (excluding diaryl/α,β-unsaturated/α-hetero) is 5. The summed E-state index contributed by atoms with van der Waals surface area (Å²) < 4.78 is 2.99. The largest absolute Gasteiger partial charge is 0.481 e. The lowest BCUT2D eigenvalue weighted by atomic mass is 10.1. The van der Waals surface area contributed by atoms with Crippen LogP contribution >= 0.6 is 0 Å². The fraction of sp³-hybridized carbons (Fsp3) is 0.525. The van der Waals surface area contributed by atoms with E-state index < -0.39 is 83.5 Å². The van der Waals surface area contributed by atoms with E-state index in [-0.39, 0.29) is 121 Å². The third kappa shape index (κ3) is 28.3. The fourth-order valence-corrected chi connectivity index (χ4v) is 5.28. The number of ketones is 5. The minimum absolute atomic E-state index is 0.0217. The van der Waals surface area contributed by atoms with Crippen molar-refractivity contribution in [3.05, 3.63) is 36.4 Å². The Morgan fingerprint density at radius 1 is 0.471 bits per heavy atom. The fourth-order valence-electron chi connectivity index (χ4n) is 5.28. The maximum Gasteiger partial charge on any atom is 0.321 e. The molecule has 2 heterocycles. The number of carbonyl (C=O) groups is 13. The van der Waals surface area contributed by atoms with Gasteiger partial charge in [-0.2, -0.15) is 0 Å². The number of carboxylic acid groups (broad SMARTS) is 5. The highest BCUT2D eigenvalue weighted by molar-refractivity contribution is 5.90. The van der Waals surface area contributed by atoms with Gasteiger partial charge in [0.05, 0.1) is 82.6 Å². The van der Waals surface area contributed by atoms with E-state index in [1.807, 2.05) is 0 Å². The number of carbonyl (C=O) groups excluding carboxylic acids is 8.